The van der Waals surface area contributed by atoms with Crippen LogP contribution in [0.5, 0.6) is 0 Å². The summed E-state index contributed by atoms with van der Waals surface area (Å²) in [4.78, 5) is 23.1. The molecule has 0 spiro atoms. The molecular weight excluding hydrogens is 433 g/mol. The second kappa shape index (κ2) is 9.05. The SMILES string of the molecule is N#C/C(=C\c1ccc(I)c(N=O)c1)C(=O)N[C@@H](CO)c1ccccc1. The number of rotatable bonds is 6. The highest BCUT2D eigenvalue weighted by atomic mass is 127. The number of aliphatic hydroxyl groups is 1. The van der Waals surface area contributed by atoms with Gasteiger partial charge in [-0.3, -0.25) is 4.79 Å². The van der Waals surface area contributed by atoms with E-state index in [-0.39, 0.29) is 17.9 Å². The molecule has 0 saturated carbocycles. The van der Waals surface area contributed by atoms with Crippen LogP contribution in [-0.4, -0.2) is 17.6 Å². The molecule has 0 unspecified atom stereocenters. The largest absolute Gasteiger partial charge is 0.394 e. The third kappa shape index (κ3) is 4.95. The minimum absolute atomic E-state index is 0.132. The predicted octanol–water partition coefficient (Wildman–Crippen LogP) is 3.45. The first kappa shape index (κ1) is 18.8. The van der Waals surface area contributed by atoms with Crippen molar-refractivity contribution in [1.29, 1.82) is 5.26 Å². The van der Waals surface area contributed by atoms with Gasteiger partial charge in [-0.25, -0.2) is 0 Å². The molecule has 126 valence electrons. The smallest absolute Gasteiger partial charge is 0.262 e. The molecule has 7 heteroatoms. The molecule has 0 heterocycles. The van der Waals surface area contributed by atoms with E-state index in [9.17, 15) is 20.1 Å². The molecule has 2 aromatic rings. The number of carbonyl (C=O) groups excluding carboxylic acids is 1. The zero-order valence-electron chi connectivity index (χ0n) is 13.0. The Balaban J connectivity index is 2.23. The summed E-state index contributed by atoms with van der Waals surface area (Å²) in [6.07, 6.45) is 1.37. The van der Waals surface area contributed by atoms with E-state index >= 15 is 0 Å². The quantitative estimate of drug-likeness (QED) is 0.307. The van der Waals surface area contributed by atoms with E-state index in [1.165, 1.54) is 12.1 Å². The van der Waals surface area contributed by atoms with Gasteiger partial charge in [0.2, 0.25) is 0 Å². The van der Waals surface area contributed by atoms with Gasteiger partial charge in [-0.1, -0.05) is 36.4 Å². The van der Waals surface area contributed by atoms with Gasteiger partial charge in [0.15, 0.2) is 0 Å². The summed E-state index contributed by atoms with van der Waals surface area (Å²) in [5.74, 6) is -0.607. The van der Waals surface area contributed by atoms with Gasteiger partial charge in [0.05, 0.1) is 12.6 Å². The maximum Gasteiger partial charge on any atom is 0.262 e. The molecule has 6 nitrogen and oxygen atoms in total. The number of nitrogens with zero attached hydrogens (tertiary/aromatic N) is 2. The third-order valence-corrected chi connectivity index (χ3v) is 4.35. The lowest BCUT2D eigenvalue weighted by Crippen LogP contribution is -2.31. The maximum absolute atomic E-state index is 12.3. The van der Waals surface area contributed by atoms with E-state index in [2.05, 4.69) is 10.5 Å². The van der Waals surface area contributed by atoms with Crippen molar-refractivity contribution in [3.8, 4) is 6.07 Å². The molecule has 0 aliphatic rings. The highest BCUT2D eigenvalue weighted by Crippen LogP contribution is 2.23. The standard InChI is InChI=1S/C18H14IN3O3/c19-15-7-6-12(9-16(15)22-25)8-14(10-20)18(24)21-17(11-23)13-4-2-1-3-5-13/h1-9,17,23H,11H2,(H,21,24)/b14-8+/t17-/m0/s1. The van der Waals surface area contributed by atoms with Gasteiger partial charge >= 0.3 is 0 Å². The number of halogens is 1. The Kier molecular flexibility index (Phi) is 6.80. The van der Waals surface area contributed by atoms with Crippen LogP contribution in [-0.2, 0) is 4.79 Å². The summed E-state index contributed by atoms with van der Waals surface area (Å²) in [7, 11) is 0. The van der Waals surface area contributed by atoms with Crippen LogP contribution in [0.2, 0.25) is 0 Å². The lowest BCUT2D eigenvalue weighted by molar-refractivity contribution is -0.118. The second-order valence-electron chi connectivity index (χ2n) is 5.09. The number of amides is 1. The Hall–Kier alpha value is -2.57. The number of aliphatic hydroxyl groups excluding tert-OH is 1. The molecule has 1 amide bonds. The van der Waals surface area contributed by atoms with Crippen LogP contribution in [0, 0.1) is 19.8 Å². The van der Waals surface area contributed by atoms with Crippen molar-refractivity contribution < 1.29 is 9.90 Å². The lowest BCUT2D eigenvalue weighted by Gasteiger charge is -2.16. The number of carbonyl (C=O) groups is 1. The van der Waals surface area contributed by atoms with Crippen molar-refractivity contribution in [2.45, 2.75) is 6.04 Å². The van der Waals surface area contributed by atoms with E-state index in [0.717, 1.165) is 5.56 Å². The average Bonchev–Trinajstić information content (AvgIpc) is 2.65. The Labute approximate surface area is 158 Å². The topological polar surface area (TPSA) is 103 Å². The Morgan fingerprint density at radius 1 is 1.32 bits per heavy atom. The van der Waals surface area contributed by atoms with Gasteiger partial charge < -0.3 is 10.4 Å². The monoisotopic (exact) mass is 447 g/mol. The van der Waals surface area contributed by atoms with Crippen LogP contribution in [0.3, 0.4) is 0 Å². The second-order valence-corrected chi connectivity index (χ2v) is 6.25. The first-order valence-electron chi connectivity index (χ1n) is 7.30. The first-order chi connectivity index (χ1) is 12.1. The fourth-order valence-corrected chi connectivity index (χ4v) is 2.59. The van der Waals surface area contributed by atoms with Gasteiger partial charge in [-0.2, -0.15) is 5.26 Å². The van der Waals surface area contributed by atoms with E-state index in [1.54, 1.807) is 36.4 Å². The minimum Gasteiger partial charge on any atom is -0.394 e. The number of hydrogen-bond donors (Lipinski definition) is 2. The van der Waals surface area contributed by atoms with E-state index in [4.69, 9.17) is 0 Å². The zero-order chi connectivity index (χ0) is 18.2. The number of nitriles is 1. The predicted molar refractivity (Wildman–Crippen MR) is 103 cm³/mol. The number of hydrogen-bond acceptors (Lipinski definition) is 5. The fraction of sp³-hybridized carbons (Fsp3) is 0.111. The molecule has 0 aliphatic carbocycles. The Morgan fingerprint density at radius 3 is 2.64 bits per heavy atom. The molecule has 2 rings (SSSR count). The maximum atomic E-state index is 12.3. The fourth-order valence-electron chi connectivity index (χ4n) is 2.16. The summed E-state index contributed by atoms with van der Waals surface area (Å²) in [6.45, 7) is -0.294. The van der Waals surface area contributed by atoms with Gasteiger partial charge in [-0.15, -0.1) is 4.91 Å². The molecule has 25 heavy (non-hydrogen) atoms. The van der Waals surface area contributed by atoms with Crippen LogP contribution in [0.4, 0.5) is 5.69 Å². The summed E-state index contributed by atoms with van der Waals surface area (Å²) in [6, 6.07) is 15.1. The van der Waals surface area contributed by atoms with Crippen LogP contribution in [0.15, 0.2) is 59.3 Å². The summed E-state index contributed by atoms with van der Waals surface area (Å²) in [5, 5.41) is 24.3. The number of nitroso groups, excluding NO2 is 1. The molecule has 0 aromatic heterocycles. The molecule has 2 aromatic carbocycles. The van der Waals surface area contributed by atoms with E-state index in [1.807, 2.05) is 34.7 Å². The zero-order valence-corrected chi connectivity index (χ0v) is 15.2. The average molecular weight is 447 g/mol. The van der Waals surface area contributed by atoms with Crippen molar-refractivity contribution in [3.63, 3.8) is 0 Å². The Bertz CT molecular complexity index is 844. The first-order valence-corrected chi connectivity index (χ1v) is 8.38. The Morgan fingerprint density at radius 2 is 2.04 bits per heavy atom. The summed E-state index contributed by atoms with van der Waals surface area (Å²) < 4.78 is 0.678. The third-order valence-electron chi connectivity index (χ3n) is 3.43. The highest BCUT2D eigenvalue weighted by Gasteiger charge is 2.16. The molecule has 2 N–H and O–H groups in total. The van der Waals surface area contributed by atoms with Crippen LogP contribution in [0.1, 0.15) is 17.2 Å². The van der Waals surface area contributed by atoms with Crippen LogP contribution < -0.4 is 5.32 Å². The molecule has 0 aliphatic heterocycles. The van der Waals surface area contributed by atoms with Crippen LogP contribution >= 0.6 is 22.6 Å². The minimum atomic E-state index is -0.616. The lowest BCUT2D eigenvalue weighted by atomic mass is 10.1. The van der Waals surface area contributed by atoms with Crippen molar-refractivity contribution in [2.75, 3.05) is 6.61 Å². The molecular formula is C18H14IN3O3. The normalized spacial score (nSPS) is 12.1. The number of nitrogens with one attached hydrogen (secondary N) is 1. The van der Waals surface area contributed by atoms with E-state index < -0.39 is 11.9 Å². The van der Waals surface area contributed by atoms with Gasteiger partial charge in [0, 0.05) is 3.57 Å². The van der Waals surface area contributed by atoms with Crippen molar-refractivity contribution in [3.05, 3.63) is 73.7 Å². The molecule has 0 fully saturated rings. The molecule has 1 atom stereocenters. The van der Waals surface area contributed by atoms with Gasteiger partial charge in [-0.05, 0) is 57.1 Å². The molecule has 0 bridgehead atoms. The van der Waals surface area contributed by atoms with Crippen molar-refractivity contribution in [1.82, 2.24) is 5.32 Å². The van der Waals surface area contributed by atoms with Crippen molar-refractivity contribution >= 4 is 40.3 Å². The summed E-state index contributed by atoms with van der Waals surface area (Å²) >= 11 is 1.97. The molecule has 0 saturated heterocycles. The van der Waals surface area contributed by atoms with Gasteiger partial charge in [0.1, 0.15) is 17.3 Å². The van der Waals surface area contributed by atoms with E-state index in [0.29, 0.717) is 9.13 Å². The van der Waals surface area contributed by atoms with Crippen LogP contribution in [0.25, 0.3) is 6.08 Å². The van der Waals surface area contributed by atoms with Gasteiger partial charge in [0.25, 0.3) is 5.91 Å². The highest BCUT2D eigenvalue weighted by molar-refractivity contribution is 14.1. The summed E-state index contributed by atoms with van der Waals surface area (Å²) in [5.41, 5.74) is 1.36. The van der Waals surface area contributed by atoms with Crippen molar-refractivity contribution in [2.24, 2.45) is 5.18 Å². The molecule has 0 radical (unpaired) electrons. The number of benzene rings is 2.